The zero-order valence-corrected chi connectivity index (χ0v) is 10.9. The van der Waals surface area contributed by atoms with E-state index in [1.807, 2.05) is 6.92 Å². The van der Waals surface area contributed by atoms with Gasteiger partial charge in [0.05, 0.1) is 17.3 Å². The number of benzene rings is 1. The lowest BCUT2D eigenvalue weighted by Gasteiger charge is -2.04. The summed E-state index contributed by atoms with van der Waals surface area (Å²) in [6, 6.07) is 5.12. The molecule has 0 spiro atoms. The molecule has 0 atom stereocenters. The van der Waals surface area contributed by atoms with Crippen LogP contribution in [0.1, 0.15) is 25.3 Å². The number of azide groups is 1. The van der Waals surface area contributed by atoms with E-state index in [1.165, 1.54) is 0 Å². The number of ether oxygens (including phenoxy) is 1. The van der Waals surface area contributed by atoms with Crippen molar-refractivity contribution >= 4 is 23.3 Å². The smallest absolute Gasteiger partial charge is 0.306 e. The summed E-state index contributed by atoms with van der Waals surface area (Å²) in [7, 11) is 0. The van der Waals surface area contributed by atoms with E-state index in [4.69, 9.17) is 21.9 Å². The van der Waals surface area contributed by atoms with Crippen molar-refractivity contribution in [2.45, 2.75) is 26.2 Å². The first-order chi connectivity index (χ1) is 8.67. The summed E-state index contributed by atoms with van der Waals surface area (Å²) in [4.78, 5) is 14.0. The van der Waals surface area contributed by atoms with E-state index < -0.39 is 0 Å². The number of aryl methyl sites for hydroxylation is 1. The fourth-order valence-electron chi connectivity index (χ4n) is 1.37. The van der Waals surface area contributed by atoms with Crippen molar-refractivity contribution in [3.05, 3.63) is 39.2 Å². The van der Waals surface area contributed by atoms with E-state index in [9.17, 15) is 4.79 Å². The predicted octanol–water partition coefficient (Wildman–Crippen LogP) is 4.17. The van der Waals surface area contributed by atoms with Crippen molar-refractivity contribution in [3.8, 4) is 0 Å². The van der Waals surface area contributed by atoms with Crippen molar-refractivity contribution in [2.75, 3.05) is 6.61 Å². The lowest BCUT2D eigenvalue weighted by atomic mass is 10.1. The van der Waals surface area contributed by atoms with Gasteiger partial charge in [-0.3, -0.25) is 4.79 Å². The molecule has 0 aliphatic heterocycles. The average Bonchev–Trinajstić information content (AvgIpc) is 2.37. The van der Waals surface area contributed by atoms with Crippen LogP contribution < -0.4 is 0 Å². The van der Waals surface area contributed by atoms with Crippen molar-refractivity contribution in [3.63, 3.8) is 0 Å². The Morgan fingerprint density at radius 1 is 1.56 bits per heavy atom. The number of carbonyl (C=O) groups excluding carboxylic acids is 1. The van der Waals surface area contributed by atoms with E-state index in [2.05, 4.69) is 10.0 Å². The average molecular weight is 268 g/mol. The van der Waals surface area contributed by atoms with E-state index in [0.29, 0.717) is 30.2 Å². The maximum atomic E-state index is 11.3. The molecule has 0 saturated heterocycles. The summed E-state index contributed by atoms with van der Waals surface area (Å²) >= 11 is 5.85. The first-order valence-corrected chi connectivity index (χ1v) is 6.04. The summed E-state index contributed by atoms with van der Waals surface area (Å²) in [6.07, 6.45) is 1.65. The number of carbonyl (C=O) groups is 1. The van der Waals surface area contributed by atoms with Crippen LogP contribution in [0.25, 0.3) is 10.4 Å². The third-order valence-corrected chi connectivity index (χ3v) is 2.57. The van der Waals surface area contributed by atoms with Crippen LogP contribution in [0, 0.1) is 0 Å². The number of halogens is 1. The molecule has 0 N–H and O–H groups in total. The van der Waals surface area contributed by atoms with Gasteiger partial charge in [0.25, 0.3) is 0 Å². The molecular formula is C12H14ClN3O2. The molecule has 0 unspecified atom stereocenters. The van der Waals surface area contributed by atoms with Gasteiger partial charge in [0.2, 0.25) is 0 Å². The standard InChI is InChI=1S/C12H14ClN3O2/c1-2-7-18-12(17)6-4-9-3-5-10(13)11(8-9)15-16-14/h3,5,8H,2,4,6-7H2,1H3. The third-order valence-electron chi connectivity index (χ3n) is 2.25. The topological polar surface area (TPSA) is 75.1 Å². The maximum absolute atomic E-state index is 11.3. The zero-order chi connectivity index (χ0) is 13.4. The molecule has 0 amide bonds. The van der Waals surface area contributed by atoms with Crippen LogP contribution in [0.15, 0.2) is 23.3 Å². The second kappa shape index (κ2) is 7.58. The zero-order valence-electron chi connectivity index (χ0n) is 10.1. The molecule has 0 bridgehead atoms. The van der Waals surface area contributed by atoms with Crippen LogP contribution in [0.3, 0.4) is 0 Å². The Balaban J connectivity index is 2.60. The van der Waals surface area contributed by atoms with Gasteiger partial charge in [0.15, 0.2) is 0 Å². The van der Waals surface area contributed by atoms with Gasteiger partial charge in [0, 0.05) is 11.3 Å². The molecule has 0 fully saturated rings. The van der Waals surface area contributed by atoms with Gasteiger partial charge in [-0.2, -0.15) is 0 Å². The van der Waals surface area contributed by atoms with Crippen molar-refractivity contribution in [1.29, 1.82) is 0 Å². The Morgan fingerprint density at radius 3 is 3.00 bits per heavy atom. The molecule has 1 aromatic rings. The van der Waals surface area contributed by atoms with E-state index in [1.54, 1.807) is 18.2 Å². The van der Waals surface area contributed by atoms with E-state index in [-0.39, 0.29) is 5.97 Å². The molecule has 0 aliphatic rings. The first-order valence-electron chi connectivity index (χ1n) is 5.66. The Kier molecular flexibility index (Phi) is 6.05. The van der Waals surface area contributed by atoms with Crippen LogP contribution in [-0.2, 0) is 16.0 Å². The highest BCUT2D eigenvalue weighted by Crippen LogP contribution is 2.26. The summed E-state index contributed by atoms with van der Waals surface area (Å²) in [5.74, 6) is -0.225. The summed E-state index contributed by atoms with van der Waals surface area (Å²) < 4.78 is 4.97. The quantitative estimate of drug-likeness (QED) is 0.336. The Hall–Kier alpha value is -1.71. The van der Waals surface area contributed by atoms with Crippen molar-refractivity contribution < 1.29 is 9.53 Å². The van der Waals surface area contributed by atoms with Gasteiger partial charge in [-0.15, -0.1) is 0 Å². The molecule has 0 heterocycles. The van der Waals surface area contributed by atoms with E-state index in [0.717, 1.165) is 12.0 Å². The van der Waals surface area contributed by atoms with Crippen LogP contribution in [-0.4, -0.2) is 12.6 Å². The Bertz CT molecular complexity index is 470. The molecule has 1 aromatic carbocycles. The molecule has 0 radical (unpaired) electrons. The van der Waals surface area contributed by atoms with Gasteiger partial charge in [0.1, 0.15) is 0 Å². The first kappa shape index (κ1) is 14.4. The monoisotopic (exact) mass is 267 g/mol. The molecule has 0 aliphatic carbocycles. The molecule has 1 rings (SSSR count). The lowest BCUT2D eigenvalue weighted by Crippen LogP contribution is -2.06. The molecule has 0 aromatic heterocycles. The molecule has 96 valence electrons. The Morgan fingerprint density at radius 2 is 2.33 bits per heavy atom. The highest BCUT2D eigenvalue weighted by atomic mass is 35.5. The van der Waals surface area contributed by atoms with Crippen molar-refractivity contribution in [2.24, 2.45) is 5.11 Å². The second-order valence-electron chi connectivity index (χ2n) is 3.70. The van der Waals surface area contributed by atoms with Gasteiger partial charge in [-0.25, -0.2) is 0 Å². The molecular weight excluding hydrogens is 254 g/mol. The summed E-state index contributed by atoms with van der Waals surface area (Å²) in [6.45, 7) is 2.39. The molecule has 18 heavy (non-hydrogen) atoms. The minimum Gasteiger partial charge on any atom is -0.466 e. The normalized spacial score (nSPS) is 9.67. The van der Waals surface area contributed by atoms with Crippen LogP contribution >= 0.6 is 11.6 Å². The number of hydrogen-bond donors (Lipinski definition) is 0. The van der Waals surface area contributed by atoms with Crippen LogP contribution in [0.4, 0.5) is 5.69 Å². The number of hydrogen-bond acceptors (Lipinski definition) is 3. The largest absolute Gasteiger partial charge is 0.466 e. The second-order valence-corrected chi connectivity index (χ2v) is 4.10. The lowest BCUT2D eigenvalue weighted by molar-refractivity contribution is -0.143. The number of nitrogens with zero attached hydrogens (tertiary/aromatic N) is 3. The molecule has 6 heteroatoms. The number of rotatable bonds is 6. The molecule has 5 nitrogen and oxygen atoms in total. The van der Waals surface area contributed by atoms with Gasteiger partial charge >= 0.3 is 5.97 Å². The fourth-order valence-corrected chi connectivity index (χ4v) is 1.53. The van der Waals surface area contributed by atoms with Crippen LogP contribution in [0.5, 0.6) is 0 Å². The predicted molar refractivity (Wildman–Crippen MR) is 69.8 cm³/mol. The highest BCUT2D eigenvalue weighted by molar-refractivity contribution is 6.32. The van der Waals surface area contributed by atoms with Gasteiger partial charge in [-0.1, -0.05) is 29.7 Å². The van der Waals surface area contributed by atoms with Gasteiger partial charge < -0.3 is 4.74 Å². The highest BCUT2D eigenvalue weighted by Gasteiger charge is 2.05. The summed E-state index contributed by atoms with van der Waals surface area (Å²) in [5.41, 5.74) is 9.63. The Labute approximate surface area is 110 Å². The van der Waals surface area contributed by atoms with Gasteiger partial charge in [-0.05, 0) is 36.1 Å². The van der Waals surface area contributed by atoms with Crippen molar-refractivity contribution in [1.82, 2.24) is 0 Å². The minimum atomic E-state index is -0.225. The minimum absolute atomic E-state index is 0.225. The fraction of sp³-hybridized carbons (Fsp3) is 0.417. The van der Waals surface area contributed by atoms with E-state index >= 15 is 0 Å². The SMILES string of the molecule is CCCOC(=O)CCc1ccc(Cl)c(N=[N+]=[N-])c1. The van der Waals surface area contributed by atoms with Crippen LogP contribution in [0.2, 0.25) is 5.02 Å². The summed E-state index contributed by atoms with van der Waals surface area (Å²) in [5, 5.41) is 3.87. The maximum Gasteiger partial charge on any atom is 0.306 e. The third kappa shape index (κ3) is 4.65. The number of esters is 1. The molecule has 0 saturated carbocycles.